The molecular formula is C33H32Cl2N8O5. The van der Waals surface area contributed by atoms with E-state index in [0.29, 0.717) is 53.2 Å². The fourth-order valence-corrected chi connectivity index (χ4v) is 5.59. The molecule has 5 rings (SSSR count). The van der Waals surface area contributed by atoms with Gasteiger partial charge in [-0.25, -0.2) is 4.79 Å². The van der Waals surface area contributed by atoms with Crippen LogP contribution in [0, 0.1) is 0 Å². The van der Waals surface area contributed by atoms with Crippen LogP contribution in [0.2, 0.25) is 10.0 Å². The van der Waals surface area contributed by atoms with Gasteiger partial charge in [0.2, 0.25) is 17.7 Å². The van der Waals surface area contributed by atoms with Crippen LogP contribution in [0.1, 0.15) is 34.3 Å². The number of carbonyl (C=O) groups is 4. The lowest BCUT2D eigenvalue weighted by Gasteiger charge is -2.35. The third kappa shape index (κ3) is 9.47. The van der Waals surface area contributed by atoms with E-state index in [1.165, 1.54) is 47.4 Å². The second kappa shape index (κ2) is 16.1. The summed E-state index contributed by atoms with van der Waals surface area (Å²) in [6, 6.07) is 17.2. The number of tetrazole rings is 1. The zero-order chi connectivity index (χ0) is 34.0. The average molecular weight is 692 g/mol. The van der Waals surface area contributed by atoms with Crippen LogP contribution in [0.4, 0.5) is 5.69 Å². The number of rotatable bonds is 12. The van der Waals surface area contributed by atoms with Crippen LogP contribution >= 0.6 is 23.2 Å². The summed E-state index contributed by atoms with van der Waals surface area (Å²) in [6.45, 7) is 3.16. The third-order valence-electron chi connectivity index (χ3n) is 7.70. The largest absolute Gasteiger partial charge is 0.478 e. The molecule has 0 radical (unpaired) electrons. The van der Waals surface area contributed by atoms with Gasteiger partial charge < -0.3 is 20.6 Å². The molecule has 1 aromatic heterocycles. The molecule has 13 nitrogen and oxygen atoms in total. The maximum Gasteiger partial charge on any atom is 0.335 e. The molecule has 15 heteroatoms. The van der Waals surface area contributed by atoms with Crippen molar-refractivity contribution >= 4 is 58.7 Å². The fraction of sp³-hybridized carbons (Fsp3) is 0.242. The van der Waals surface area contributed by atoms with Crippen molar-refractivity contribution in [2.24, 2.45) is 0 Å². The van der Waals surface area contributed by atoms with Crippen molar-refractivity contribution in [1.82, 2.24) is 35.3 Å². The summed E-state index contributed by atoms with van der Waals surface area (Å²) in [5, 5.41) is 26.9. The topological polar surface area (TPSA) is 163 Å². The maximum absolute atomic E-state index is 13.4. The van der Waals surface area contributed by atoms with E-state index in [2.05, 4.69) is 31.1 Å². The van der Waals surface area contributed by atoms with Crippen LogP contribution in [0.15, 0.2) is 79.1 Å². The number of amides is 3. The monoisotopic (exact) mass is 690 g/mol. The number of nitrogens with zero attached hydrogens (tertiary/aromatic N) is 6. The molecule has 1 saturated heterocycles. The van der Waals surface area contributed by atoms with E-state index in [1.807, 2.05) is 24.3 Å². The third-order valence-corrected chi connectivity index (χ3v) is 8.17. The van der Waals surface area contributed by atoms with Crippen molar-refractivity contribution in [3.8, 4) is 5.69 Å². The van der Waals surface area contributed by atoms with Crippen LogP contribution in [-0.2, 0) is 20.9 Å². The smallest absolute Gasteiger partial charge is 0.335 e. The second-order valence-electron chi connectivity index (χ2n) is 11.0. The number of carbonyl (C=O) groups excluding carboxylic acids is 3. The molecule has 3 N–H and O–H groups in total. The molecule has 48 heavy (non-hydrogen) atoms. The first-order valence-corrected chi connectivity index (χ1v) is 15.8. The summed E-state index contributed by atoms with van der Waals surface area (Å²) in [5.74, 6) is -2.37. The molecule has 0 spiro atoms. The van der Waals surface area contributed by atoms with Gasteiger partial charge in [-0.2, -0.15) is 4.68 Å². The van der Waals surface area contributed by atoms with E-state index < -0.39 is 23.8 Å². The van der Waals surface area contributed by atoms with E-state index in [1.54, 1.807) is 23.1 Å². The number of hydrogen-bond acceptors (Lipinski definition) is 8. The summed E-state index contributed by atoms with van der Waals surface area (Å²) < 4.78 is 1.42. The molecule has 3 aromatic carbocycles. The molecule has 1 aliphatic rings. The van der Waals surface area contributed by atoms with Crippen LogP contribution in [0.5, 0.6) is 0 Å². The Balaban J connectivity index is 1.23. The van der Waals surface area contributed by atoms with Crippen molar-refractivity contribution in [3.63, 3.8) is 0 Å². The van der Waals surface area contributed by atoms with E-state index in [4.69, 9.17) is 23.2 Å². The number of carboxylic acids is 1. The van der Waals surface area contributed by atoms with Gasteiger partial charge in [-0.05, 0) is 83.1 Å². The second-order valence-corrected chi connectivity index (χ2v) is 11.9. The molecule has 1 fully saturated rings. The Kier molecular flexibility index (Phi) is 11.5. The molecular weight excluding hydrogens is 659 g/mol. The number of nitrogens with one attached hydrogen (secondary N) is 2. The van der Waals surface area contributed by atoms with Gasteiger partial charge in [-0.1, -0.05) is 35.3 Å². The minimum atomic E-state index is -1.10. The molecule has 248 valence electrons. The predicted molar refractivity (Wildman–Crippen MR) is 180 cm³/mol. The van der Waals surface area contributed by atoms with E-state index in [-0.39, 0.29) is 24.3 Å². The Labute approximate surface area is 286 Å². The lowest BCUT2D eigenvalue weighted by molar-refractivity contribution is -0.133. The maximum atomic E-state index is 13.4. The standard InChI is InChI=1S/C33H32Cl2N8O5/c34-25-3-1-2-22(18-25)20-41-14-16-42(17-15-41)31(45)13-10-28(32(46)37-27-8-4-23(5-9-27)33(47)48)38-30(44)12-6-24-19-26(35)7-11-29(24)43-21-36-39-40-43/h1-9,11-12,18-19,21,28H,10,13-17,20H2,(H,37,46)(H,38,44)(H,47,48)/b12-6+/t28-/m0/s1. The molecule has 0 unspecified atom stereocenters. The van der Waals surface area contributed by atoms with Gasteiger partial charge >= 0.3 is 5.97 Å². The Morgan fingerprint density at radius 3 is 2.38 bits per heavy atom. The molecule has 2 heterocycles. The Morgan fingerprint density at radius 1 is 0.938 bits per heavy atom. The minimum absolute atomic E-state index is 0.0199. The summed E-state index contributed by atoms with van der Waals surface area (Å²) in [4.78, 5) is 54.9. The SMILES string of the molecule is O=C(/C=C/c1cc(Cl)ccc1-n1cnnn1)N[C@@H](CCC(=O)N1CCN(Cc2cccc(Cl)c2)CC1)C(=O)Nc1ccc(C(=O)O)cc1. The van der Waals surface area contributed by atoms with E-state index in [0.717, 1.165) is 12.1 Å². The summed E-state index contributed by atoms with van der Waals surface area (Å²) in [5.41, 5.74) is 2.62. The van der Waals surface area contributed by atoms with Crippen LogP contribution < -0.4 is 10.6 Å². The zero-order valence-corrected chi connectivity index (χ0v) is 27.1. The van der Waals surface area contributed by atoms with Gasteiger partial charge in [0, 0.05) is 66.5 Å². The minimum Gasteiger partial charge on any atom is -0.478 e. The summed E-state index contributed by atoms with van der Waals surface area (Å²) in [6.07, 6.45) is 4.23. The van der Waals surface area contributed by atoms with Gasteiger partial charge in [0.1, 0.15) is 12.4 Å². The van der Waals surface area contributed by atoms with Crippen LogP contribution in [0.3, 0.4) is 0 Å². The Bertz CT molecular complexity index is 1790. The Morgan fingerprint density at radius 2 is 1.69 bits per heavy atom. The van der Waals surface area contributed by atoms with Crippen molar-refractivity contribution in [3.05, 3.63) is 106 Å². The molecule has 3 amide bonds. The lowest BCUT2D eigenvalue weighted by atomic mass is 10.1. The molecule has 0 saturated carbocycles. The highest BCUT2D eigenvalue weighted by Crippen LogP contribution is 2.21. The molecule has 1 atom stereocenters. The highest BCUT2D eigenvalue weighted by atomic mass is 35.5. The quantitative estimate of drug-likeness (QED) is 0.187. The number of anilines is 1. The molecule has 4 aromatic rings. The molecule has 0 aliphatic carbocycles. The van der Waals surface area contributed by atoms with Crippen LogP contribution in [0.25, 0.3) is 11.8 Å². The number of benzene rings is 3. The molecule has 0 bridgehead atoms. The van der Waals surface area contributed by atoms with Crippen molar-refractivity contribution in [2.75, 3.05) is 31.5 Å². The number of hydrogen-bond donors (Lipinski definition) is 3. The van der Waals surface area contributed by atoms with Gasteiger partial charge in [-0.3, -0.25) is 19.3 Å². The highest BCUT2D eigenvalue weighted by Gasteiger charge is 2.25. The van der Waals surface area contributed by atoms with Crippen molar-refractivity contribution < 1.29 is 24.3 Å². The molecule has 1 aliphatic heterocycles. The predicted octanol–water partition coefficient (Wildman–Crippen LogP) is 3.93. The first-order chi connectivity index (χ1) is 23.1. The number of aromatic carboxylic acids is 1. The van der Waals surface area contributed by atoms with Gasteiger partial charge in [-0.15, -0.1) is 5.10 Å². The zero-order valence-electron chi connectivity index (χ0n) is 25.6. The first kappa shape index (κ1) is 34.2. The average Bonchev–Trinajstić information content (AvgIpc) is 3.61. The summed E-state index contributed by atoms with van der Waals surface area (Å²) in [7, 11) is 0. The van der Waals surface area contributed by atoms with E-state index >= 15 is 0 Å². The van der Waals surface area contributed by atoms with Gasteiger partial charge in [0.15, 0.2) is 0 Å². The highest BCUT2D eigenvalue weighted by molar-refractivity contribution is 6.31. The number of piperazine rings is 1. The Hall–Kier alpha value is -5.11. The number of aromatic nitrogens is 4. The van der Waals surface area contributed by atoms with Gasteiger partial charge in [0.05, 0.1) is 11.3 Å². The van der Waals surface area contributed by atoms with Crippen LogP contribution in [-0.4, -0.2) is 91.0 Å². The lowest BCUT2D eigenvalue weighted by Crippen LogP contribution is -2.49. The van der Waals surface area contributed by atoms with Gasteiger partial charge in [0.25, 0.3) is 0 Å². The number of halogens is 2. The fourth-order valence-electron chi connectivity index (χ4n) is 5.19. The normalized spacial score (nSPS) is 14.1. The van der Waals surface area contributed by atoms with E-state index in [9.17, 15) is 24.3 Å². The summed E-state index contributed by atoms with van der Waals surface area (Å²) >= 11 is 12.3. The first-order valence-electron chi connectivity index (χ1n) is 15.0. The van der Waals surface area contributed by atoms with Crippen molar-refractivity contribution in [1.29, 1.82) is 0 Å². The number of carboxylic acid groups (broad SMARTS) is 1. The van der Waals surface area contributed by atoms with Crippen molar-refractivity contribution in [2.45, 2.75) is 25.4 Å².